The Bertz CT molecular complexity index is 463. The summed E-state index contributed by atoms with van der Waals surface area (Å²) in [5.41, 5.74) is 0.380. The number of piperazine rings is 1. The molecule has 3 heterocycles. The molecule has 2 aliphatic rings. The lowest BCUT2D eigenvalue weighted by Gasteiger charge is -2.42. The van der Waals surface area contributed by atoms with Gasteiger partial charge in [-0.1, -0.05) is 0 Å². The van der Waals surface area contributed by atoms with Crippen molar-refractivity contribution in [3.05, 3.63) is 18.1 Å². The molecule has 0 radical (unpaired) electrons. The summed E-state index contributed by atoms with van der Waals surface area (Å²) < 4.78 is 0. The van der Waals surface area contributed by atoms with E-state index in [2.05, 4.69) is 26.7 Å². The van der Waals surface area contributed by atoms with Crippen molar-refractivity contribution < 1.29 is 0 Å². The molecule has 3 rings (SSSR count). The molecule has 2 unspecified atom stereocenters. The molecule has 5 heteroatoms. The van der Waals surface area contributed by atoms with E-state index in [1.165, 1.54) is 19.4 Å². The fourth-order valence-corrected chi connectivity index (χ4v) is 3.03. The Morgan fingerprint density at radius 2 is 2.22 bits per heavy atom. The molecule has 0 amide bonds. The Hall–Kier alpha value is -1.67. The highest BCUT2D eigenvalue weighted by molar-refractivity contribution is 5.40. The largest absolute Gasteiger partial charge is 0.350 e. The molecule has 94 valence electrons. The van der Waals surface area contributed by atoms with Crippen molar-refractivity contribution >= 4 is 5.82 Å². The van der Waals surface area contributed by atoms with Gasteiger partial charge >= 0.3 is 0 Å². The molecule has 2 fully saturated rings. The molecule has 2 atom stereocenters. The van der Waals surface area contributed by atoms with Gasteiger partial charge in [0.2, 0.25) is 0 Å². The van der Waals surface area contributed by atoms with Gasteiger partial charge in [0.1, 0.15) is 11.9 Å². The van der Waals surface area contributed by atoms with Gasteiger partial charge in [0.25, 0.3) is 0 Å². The summed E-state index contributed by atoms with van der Waals surface area (Å²) in [7, 11) is 0. The molecule has 5 nitrogen and oxygen atoms in total. The lowest BCUT2D eigenvalue weighted by molar-refractivity contribution is 0.202. The predicted molar refractivity (Wildman–Crippen MR) is 68.2 cm³/mol. The van der Waals surface area contributed by atoms with Gasteiger partial charge in [0.05, 0.1) is 12.4 Å². The van der Waals surface area contributed by atoms with E-state index in [0.717, 1.165) is 18.9 Å². The zero-order chi connectivity index (χ0) is 12.5. The molecule has 0 bridgehead atoms. The van der Waals surface area contributed by atoms with Crippen LogP contribution in [0.1, 0.15) is 25.5 Å². The van der Waals surface area contributed by atoms with Crippen LogP contribution in [0.25, 0.3) is 0 Å². The molecule has 0 spiro atoms. The van der Waals surface area contributed by atoms with Crippen LogP contribution in [0.5, 0.6) is 0 Å². The van der Waals surface area contributed by atoms with Crippen molar-refractivity contribution in [2.45, 2.75) is 31.8 Å². The Morgan fingerprint density at radius 1 is 1.33 bits per heavy atom. The maximum atomic E-state index is 8.74. The van der Waals surface area contributed by atoms with Crippen LogP contribution in [0.15, 0.2) is 12.4 Å². The van der Waals surface area contributed by atoms with E-state index in [0.29, 0.717) is 17.8 Å². The third kappa shape index (κ3) is 1.93. The minimum absolute atomic E-state index is 0.380. The van der Waals surface area contributed by atoms with Crippen LogP contribution in [0.3, 0.4) is 0 Å². The summed E-state index contributed by atoms with van der Waals surface area (Å²) in [6.07, 6.45) is 5.87. The van der Waals surface area contributed by atoms with Crippen LogP contribution >= 0.6 is 0 Å². The van der Waals surface area contributed by atoms with Gasteiger partial charge in [-0.15, -0.1) is 0 Å². The number of nitrogens with zero attached hydrogens (tertiary/aromatic N) is 5. The topological polar surface area (TPSA) is 56.0 Å². The predicted octanol–water partition coefficient (Wildman–Crippen LogP) is 1.02. The van der Waals surface area contributed by atoms with Crippen LogP contribution in [0.4, 0.5) is 5.82 Å². The van der Waals surface area contributed by atoms with Crippen molar-refractivity contribution in [3.63, 3.8) is 0 Å². The average molecular weight is 243 g/mol. The monoisotopic (exact) mass is 243 g/mol. The summed E-state index contributed by atoms with van der Waals surface area (Å²) in [6.45, 7) is 5.60. The smallest absolute Gasteiger partial charge is 0.158 e. The Balaban J connectivity index is 1.80. The van der Waals surface area contributed by atoms with E-state index in [1.807, 2.05) is 6.07 Å². The molecule has 0 saturated carbocycles. The summed E-state index contributed by atoms with van der Waals surface area (Å²) in [5.74, 6) is 0.896. The van der Waals surface area contributed by atoms with E-state index in [4.69, 9.17) is 5.26 Å². The highest BCUT2D eigenvalue weighted by Crippen LogP contribution is 2.27. The Labute approximate surface area is 107 Å². The fraction of sp³-hybridized carbons (Fsp3) is 0.615. The first-order valence-electron chi connectivity index (χ1n) is 6.51. The molecule has 0 aromatic carbocycles. The van der Waals surface area contributed by atoms with Crippen molar-refractivity contribution in [3.8, 4) is 6.07 Å². The quantitative estimate of drug-likeness (QED) is 0.737. The van der Waals surface area contributed by atoms with Gasteiger partial charge in [0.15, 0.2) is 5.69 Å². The summed E-state index contributed by atoms with van der Waals surface area (Å²) in [4.78, 5) is 13.4. The molecule has 0 aliphatic carbocycles. The standard InChI is InChI=1S/C13H17N5/c1-10-8-17-4-2-3-12(17)9-18(10)13-7-15-11(5-14)6-16-13/h6-7,10,12H,2-4,8-9H2,1H3. The molecular formula is C13H17N5. The molecule has 2 aliphatic heterocycles. The van der Waals surface area contributed by atoms with Crippen LogP contribution in [-0.2, 0) is 0 Å². The van der Waals surface area contributed by atoms with Gasteiger partial charge in [0, 0.05) is 25.2 Å². The number of fused-ring (bicyclic) bond motifs is 1. The van der Waals surface area contributed by atoms with E-state index < -0.39 is 0 Å². The molecular weight excluding hydrogens is 226 g/mol. The van der Waals surface area contributed by atoms with Crippen molar-refractivity contribution in [1.82, 2.24) is 14.9 Å². The molecule has 1 aromatic heterocycles. The number of anilines is 1. The lowest BCUT2D eigenvalue weighted by Crippen LogP contribution is -2.55. The van der Waals surface area contributed by atoms with Gasteiger partial charge < -0.3 is 4.90 Å². The van der Waals surface area contributed by atoms with Gasteiger partial charge in [-0.25, -0.2) is 9.97 Å². The number of nitriles is 1. The zero-order valence-electron chi connectivity index (χ0n) is 10.6. The highest BCUT2D eigenvalue weighted by Gasteiger charge is 2.34. The SMILES string of the molecule is CC1CN2CCCC2CN1c1cnc(C#N)cn1. The van der Waals surface area contributed by atoms with Gasteiger partial charge in [-0.2, -0.15) is 5.26 Å². The van der Waals surface area contributed by atoms with E-state index in [1.54, 1.807) is 12.4 Å². The maximum Gasteiger partial charge on any atom is 0.158 e. The van der Waals surface area contributed by atoms with Gasteiger partial charge in [-0.05, 0) is 26.3 Å². The lowest BCUT2D eigenvalue weighted by atomic mass is 10.1. The zero-order valence-corrected chi connectivity index (χ0v) is 10.6. The van der Waals surface area contributed by atoms with Crippen LogP contribution in [0, 0.1) is 11.3 Å². The second-order valence-electron chi connectivity index (χ2n) is 5.16. The van der Waals surface area contributed by atoms with Crippen LogP contribution < -0.4 is 4.90 Å². The minimum Gasteiger partial charge on any atom is -0.350 e. The van der Waals surface area contributed by atoms with Crippen LogP contribution in [0.2, 0.25) is 0 Å². The van der Waals surface area contributed by atoms with Crippen LogP contribution in [-0.4, -0.2) is 46.6 Å². The van der Waals surface area contributed by atoms with Gasteiger partial charge in [-0.3, -0.25) is 4.90 Å². The molecule has 18 heavy (non-hydrogen) atoms. The fourth-order valence-electron chi connectivity index (χ4n) is 3.03. The van der Waals surface area contributed by atoms with Crippen molar-refractivity contribution in [2.24, 2.45) is 0 Å². The Kier molecular flexibility index (Phi) is 2.88. The molecule has 2 saturated heterocycles. The third-order valence-corrected chi connectivity index (χ3v) is 3.98. The first-order valence-corrected chi connectivity index (χ1v) is 6.51. The summed E-state index contributed by atoms with van der Waals surface area (Å²) >= 11 is 0. The number of aromatic nitrogens is 2. The number of hydrogen-bond acceptors (Lipinski definition) is 5. The number of hydrogen-bond donors (Lipinski definition) is 0. The highest BCUT2D eigenvalue weighted by atomic mass is 15.3. The summed E-state index contributed by atoms with van der Waals surface area (Å²) in [5, 5.41) is 8.74. The first-order chi connectivity index (χ1) is 8.78. The van der Waals surface area contributed by atoms with Crippen molar-refractivity contribution in [1.29, 1.82) is 5.26 Å². The normalized spacial score (nSPS) is 27.9. The Morgan fingerprint density at radius 3 is 2.94 bits per heavy atom. The molecule has 1 aromatic rings. The van der Waals surface area contributed by atoms with E-state index in [9.17, 15) is 0 Å². The second-order valence-corrected chi connectivity index (χ2v) is 5.16. The summed E-state index contributed by atoms with van der Waals surface area (Å²) in [6, 6.07) is 3.13. The van der Waals surface area contributed by atoms with Crippen molar-refractivity contribution in [2.75, 3.05) is 24.5 Å². The first kappa shape index (κ1) is 11.4. The third-order valence-electron chi connectivity index (χ3n) is 3.98. The maximum absolute atomic E-state index is 8.74. The second kappa shape index (κ2) is 4.54. The number of rotatable bonds is 1. The average Bonchev–Trinajstić information content (AvgIpc) is 2.85. The minimum atomic E-state index is 0.380. The molecule has 0 N–H and O–H groups in total. The van der Waals surface area contributed by atoms with E-state index in [-0.39, 0.29) is 0 Å². The van der Waals surface area contributed by atoms with E-state index >= 15 is 0 Å².